The maximum atomic E-state index is 13.9. The summed E-state index contributed by atoms with van der Waals surface area (Å²) >= 11 is 0. The number of anilines is 1. The largest absolute Gasteiger partial charge is 0.493 e. The molecule has 6 rings (SSSR count). The molecule has 2 amide bonds. The zero-order chi connectivity index (χ0) is 30.1. The molecule has 4 aromatic carbocycles. The van der Waals surface area contributed by atoms with E-state index in [0.29, 0.717) is 16.8 Å². The lowest BCUT2D eigenvalue weighted by Crippen LogP contribution is -2.37. The fraction of sp³-hybridized carbons (Fsp3) is 0.156. The summed E-state index contributed by atoms with van der Waals surface area (Å²) in [5.74, 6) is -2.12. The number of hydrogen-bond acceptors (Lipinski definition) is 9. The molecule has 0 aromatic heterocycles. The number of carbonyl (C=O) groups is 3. The second-order valence-electron chi connectivity index (χ2n) is 10.0. The first-order valence-electron chi connectivity index (χ1n) is 13.4. The summed E-state index contributed by atoms with van der Waals surface area (Å²) in [6, 6.07) is 27.3. The van der Waals surface area contributed by atoms with Crippen LogP contribution in [0.2, 0.25) is 0 Å². The van der Waals surface area contributed by atoms with Gasteiger partial charge in [-0.05, 0) is 41.5 Å². The average Bonchev–Trinajstić information content (AvgIpc) is 3.54. The van der Waals surface area contributed by atoms with Gasteiger partial charge in [-0.3, -0.25) is 29.4 Å². The van der Waals surface area contributed by atoms with Crippen LogP contribution in [0.25, 0.3) is 0 Å². The minimum absolute atomic E-state index is 0.0795. The number of nitro benzene ring substituents is 1. The molecule has 216 valence electrons. The van der Waals surface area contributed by atoms with Gasteiger partial charge in [0.15, 0.2) is 17.6 Å². The van der Waals surface area contributed by atoms with Gasteiger partial charge in [0, 0.05) is 12.1 Å². The Morgan fingerprint density at radius 3 is 2.30 bits per heavy atom. The topological polar surface area (TPSA) is 129 Å². The van der Waals surface area contributed by atoms with Crippen molar-refractivity contribution in [1.82, 2.24) is 4.90 Å². The molecule has 0 N–H and O–H groups in total. The number of esters is 1. The number of non-ortho nitro benzene ring substituents is 1. The highest BCUT2D eigenvalue weighted by molar-refractivity contribution is 6.07. The Labute approximate surface area is 245 Å². The molecule has 0 aliphatic carbocycles. The summed E-state index contributed by atoms with van der Waals surface area (Å²) in [6.07, 6.45) is -1.15. The van der Waals surface area contributed by atoms with Crippen LogP contribution in [0.3, 0.4) is 0 Å². The third kappa shape index (κ3) is 5.17. The first-order valence-corrected chi connectivity index (χ1v) is 13.4. The van der Waals surface area contributed by atoms with Crippen LogP contribution in [0, 0.1) is 16.0 Å². The van der Waals surface area contributed by atoms with Crippen LogP contribution < -0.4 is 14.5 Å². The van der Waals surface area contributed by atoms with Crippen molar-refractivity contribution in [2.45, 2.75) is 18.7 Å². The predicted octanol–water partition coefficient (Wildman–Crippen LogP) is 4.87. The van der Waals surface area contributed by atoms with Gasteiger partial charge >= 0.3 is 5.97 Å². The highest BCUT2D eigenvalue weighted by atomic mass is 16.7. The van der Waals surface area contributed by atoms with E-state index >= 15 is 0 Å². The molecule has 0 unspecified atom stereocenters. The van der Waals surface area contributed by atoms with E-state index in [9.17, 15) is 24.5 Å². The molecule has 4 aromatic rings. The summed E-state index contributed by atoms with van der Waals surface area (Å²) in [6.45, 7) is 0.0795. The normalized spacial score (nSPS) is 19.3. The summed E-state index contributed by atoms with van der Waals surface area (Å²) in [7, 11) is 1.41. The van der Waals surface area contributed by atoms with E-state index < -0.39 is 40.8 Å². The van der Waals surface area contributed by atoms with Gasteiger partial charge in [-0.2, -0.15) is 0 Å². The Morgan fingerprint density at radius 2 is 1.60 bits per heavy atom. The number of benzene rings is 4. The minimum Gasteiger partial charge on any atom is -0.493 e. The molecular weight excluding hydrogens is 554 g/mol. The molecule has 0 bridgehead atoms. The number of methoxy groups -OCH3 is 1. The number of hydrogen-bond donors (Lipinski definition) is 0. The fourth-order valence-corrected chi connectivity index (χ4v) is 5.39. The third-order valence-corrected chi connectivity index (χ3v) is 7.43. The first kappa shape index (κ1) is 27.6. The molecule has 2 heterocycles. The maximum absolute atomic E-state index is 13.9. The Kier molecular flexibility index (Phi) is 7.31. The van der Waals surface area contributed by atoms with Gasteiger partial charge in [0.2, 0.25) is 5.91 Å². The Morgan fingerprint density at radius 1 is 0.884 bits per heavy atom. The van der Waals surface area contributed by atoms with Crippen LogP contribution in [0.15, 0.2) is 103 Å². The van der Waals surface area contributed by atoms with Crippen molar-refractivity contribution in [3.63, 3.8) is 0 Å². The number of nitro groups is 1. The van der Waals surface area contributed by atoms with Crippen molar-refractivity contribution < 1.29 is 33.6 Å². The number of amides is 2. The minimum atomic E-state index is -1.15. The molecule has 0 radical (unpaired) electrons. The molecular formula is C32H25N3O8. The van der Waals surface area contributed by atoms with Gasteiger partial charge in [-0.15, -0.1) is 0 Å². The van der Waals surface area contributed by atoms with Crippen molar-refractivity contribution in [1.29, 1.82) is 0 Å². The van der Waals surface area contributed by atoms with Crippen molar-refractivity contribution in [3.05, 3.63) is 130 Å². The predicted molar refractivity (Wildman–Crippen MR) is 153 cm³/mol. The monoisotopic (exact) mass is 579 g/mol. The highest BCUT2D eigenvalue weighted by Gasteiger charge is 2.60. The number of fused-ring (bicyclic) bond motifs is 1. The van der Waals surface area contributed by atoms with E-state index in [-0.39, 0.29) is 23.7 Å². The lowest BCUT2D eigenvalue weighted by Gasteiger charge is -2.29. The number of likely N-dealkylation sites (tertiary alicyclic amines) is 1. The van der Waals surface area contributed by atoms with Gasteiger partial charge in [-0.25, -0.2) is 9.86 Å². The summed E-state index contributed by atoms with van der Waals surface area (Å²) < 4.78 is 11.1. The SMILES string of the molecule is COc1cc([C@@H]2[C@@H]3C(=O)N(Cc4ccccc4)C(=O)[C@H]3ON2c2cccc([N+](=O)[O-])c2)ccc1OC(=O)c1ccccc1. The average molecular weight is 580 g/mol. The molecule has 2 aliphatic rings. The maximum Gasteiger partial charge on any atom is 0.343 e. The van der Waals surface area contributed by atoms with E-state index in [4.69, 9.17) is 14.3 Å². The number of rotatable bonds is 8. The Bertz CT molecular complexity index is 1710. The smallest absolute Gasteiger partial charge is 0.343 e. The third-order valence-electron chi connectivity index (χ3n) is 7.43. The molecule has 2 fully saturated rings. The van der Waals surface area contributed by atoms with E-state index in [0.717, 1.165) is 5.56 Å². The van der Waals surface area contributed by atoms with Crippen molar-refractivity contribution in [3.8, 4) is 11.5 Å². The van der Waals surface area contributed by atoms with Gasteiger partial charge in [0.05, 0.1) is 35.9 Å². The molecule has 0 spiro atoms. The van der Waals surface area contributed by atoms with Crippen LogP contribution in [0.1, 0.15) is 27.5 Å². The molecule has 2 aliphatic heterocycles. The second kappa shape index (κ2) is 11.4. The van der Waals surface area contributed by atoms with Crippen molar-refractivity contribution >= 4 is 29.2 Å². The van der Waals surface area contributed by atoms with Crippen LogP contribution >= 0.6 is 0 Å². The van der Waals surface area contributed by atoms with E-state index in [1.165, 1.54) is 41.3 Å². The molecule has 43 heavy (non-hydrogen) atoms. The second-order valence-corrected chi connectivity index (χ2v) is 10.0. The van der Waals surface area contributed by atoms with Crippen LogP contribution in [-0.4, -0.2) is 40.8 Å². The number of imide groups is 1. The van der Waals surface area contributed by atoms with Crippen LogP contribution in [-0.2, 0) is 21.0 Å². The van der Waals surface area contributed by atoms with E-state index in [1.807, 2.05) is 30.3 Å². The lowest BCUT2D eigenvalue weighted by molar-refractivity contribution is -0.384. The van der Waals surface area contributed by atoms with Crippen LogP contribution in [0.4, 0.5) is 11.4 Å². The molecule has 0 saturated carbocycles. The molecule has 11 nitrogen and oxygen atoms in total. The Balaban J connectivity index is 1.38. The first-order chi connectivity index (χ1) is 20.9. The molecule has 3 atom stereocenters. The highest BCUT2D eigenvalue weighted by Crippen LogP contribution is 2.48. The van der Waals surface area contributed by atoms with Crippen molar-refractivity contribution in [2.24, 2.45) is 5.92 Å². The standard InChI is InChI=1S/C32H25N3O8/c1-41-26-17-22(15-16-25(26)42-32(38)21-11-6-3-7-12-21)28-27-29(43-34(28)23-13-8-14-24(18-23)35(39)40)31(37)33(30(27)36)19-20-9-4-2-5-10-20/h2-18,27-29H,19H2,1H3/t27-,28+,29-/m0/s1. The summed E-state index contributed by atoms with van der Waals surface area (Å²) in [4.78, 5) is 58.4. The fourth-order valence-electron chi connectivity index (χ4n) is 5.39. The lowest BCUT2D eigenvalue weighted by atomic mass is 9.90. The number of hydroxylamine groups is 1. The summed E-state index contributed by atoms with van der Waals surface area (Å²) in [5.41, 5.74) is 1.76. The van der Waals surface area contributed by atoms with Gasteiger partial charge in [0.25, 0.3) is 11.6 Å². The van der Waals surface area contributed by atoms with E-state index in [1.54, 1.807) is 48.5 Å². The number of nitrogens with zero attached hydrogens (tertiary/aromatic N) is 3. The van der Waals surface area contributed by atoms with Gasteiger partial charge < -0.3 is 9.47 Å². The van der Waals surface area contributed by atoms with Gasteiger partial charge in [-0.1, -0.05) is 60.7 Å². The number of ether oxygens (including phenoxy) is 2. The zero-order valence-corrected chi connectivity index (χ0v) is 22.9. The molecule has 2 saturated heterocycles. The Hall–Kier alpha value is -5.55. The molecule has 11 heteroatoms. The quantitative estimate of drug-likeness (QED) is 0.0944. The number of carbonyl (C=O) groups excluding carboxylic acids is 3. The summed E-state index contributed by atoms with van der Waals surface area (Å²) in [5, 5.41) is 12.9. The van der Waals surface area contributed by atoms with Crippen LogP contribution in [0.5, 0.6) is 11.5 Å². The van der Waals surface area contributed by atoms with Gasteiger partial charge in [0.1, 0.15) is 5.92 Å². The zero-order valence-electron chi connectivity index (χ0n) is 22.9. The van der Waals surface area contributed by atoms with Crippen molar-refractivity contribution in [2.75, 3.05) is 12.2 Å². The van der Waals surface area contributed by atoms with E-state index in [2.05, 4.69) is 0 Å².